The lowest BCUT2D eigenvalue weighted by atomic mass is 10.3. The third-order valence-corrected chi connectivity index (χ3v) is 5.27. The van der Waals surface area contributed by atoms with Crippen molar-refractivity contribution in [1.82, 2.24) is 13.6 Å². The van der Waals surface area contributed by atoms with E-state index in [9.17, 15) is 8.42 Å². The van der Waals surface area contributed by atoms with Crippen LogP contribution in [0.1, 0.15) is 6.42 Å². The highest BCUT2D eigenvalue weighted by molar-refractivity contribution is 7.86. The Labute approximate surface area is 126 Å². The summed E-state index contributed by atoms with van der Waals surface area (Å²) in [7, 11) is 3.50. The van der Waals surface area contributed by atoms with E-state index >= 15 is 0 Å². The van der Waals surface area contributed by atoms with Crippen molar-refractivity contribution in [3.05, 3.63) is 18.3 Å². The summed E-state index contributed by atoms with van der Waals surface area (Å²) in [6.45, 7) is 0.838. The van der Waals surface area contributed by atoms with E-state index in [4.69, 9.17) is 4.74 Å². The fourth-order valence-electron chi connectivity index (χ4n) is 2.22. The molecule has 1 aliphatic rings. The normalized spacial score (nSPS) is 20.0. The summed E-state index contributed by atoms with van der Waals surface area (Å²) in [5, 5.41) is 0. The minimum absolute atomic E-state index is 0.150. The second kappa shape index (κ2) is 6.17. The van der Waals surface area contributed by atoms with Crippen LogP contribution in [-0.4, -0.2) is 69.4 Å². The van der Waals surface area contributed by atoms with Crippen LogP contribution in [-0.2, 0) is 10.2 Å². The van der Waals surface area contributed by atoms with Gasteiger partial charge in [0, 0.05) is 40.9 Å². The lowest BCUT2D eigenvalue weighted by molar-refractivity contribution is 0.214. The number of hydrogen-bond acceptors (Lipinski definition) is 5. The second-order valence-electron chi connectivity index (χ2n) is 5.40. The van der Waals surface area contributed by atoms with Crippen LogP contribution in [0.25, 0.3) is 0 Å². The molecule has 1 saturated heterocycles. The lowest BCUT2D eigenvalue weighted by Gasteiger charge is -2.22. The summed E-state index contributed by atoms with van der Waals surface area (Å²) >= 11 is 0. The molecule has 0 saturated carbocycles. The fraction of sp³-hybridized carbons (Fsp3) is 0.615. The molecule has 0 spiro atoms. The maximum absolute atomic E-state index is 12.1. The average Bonchev–Trinajstić information content (AvgIpc) is 2.88. The summed E-state index contributed by atoms with van der Waals surface area (Å²) in [6.07, 6.45) is 2.23. The van der Waals surface area contributed by atoms with Crippen molar-refractivity contribution in [2.75, 3.05) is 46.2 Å². The molecule has 21 heavy (non-hydrogen) atoms. The highest BCUT2D eigenvalue weighted by atomic mass is 32.2. The first-order chi connectivity index (χ1) is 9.82. The van der Waals surface area contributed by atoms with Crippen molar-refractivity contribution < 1.29 is 13.2 Å². The van der Waals surface area contributed by atoms with Gasteiger partial charge in [-0.15, -0.1) is 0 Å². The third kappa shape index (κ3) is 3.45. The number of pyridine rings is 1. The largest absolute Gasteiger partial charge is 0.485 e. The SMILES string of the molecule is CN(C)c1ncccc1O[C@H]1CCN(S(=O)(=O)N(C)C)C1. The Morgan fingerprint density at radius 3 is 2.67 bits per heavy atom. The van der Waals surface area contributed by atoms with Crippen LogP contribution < -0.4 is 9.64 Å². The van der Waals surface area contributed by atoms with E-state index in [1.165, 1.54) is 22.7 Å². The predicted octanol–water partition coefficient (Wildman–Crippen LogP) is 0.407. The van der Waals surface area contributed by atoms with Gasteiger partial charge in [-0.1, -0.05) is 0 Å². The van der Waals surface area contributed by atoms with Gasteiger partial charge in [0.15, 0.2) is 11.6 Å². The molecule has 8 heteroatoms. The number of nitrogens with zero attached hydrogens (tertiary/aromatic N) is 4. The minimum Gasteiger partial charge on any atom is -0.485 e. The first-order valence-corrected chi connectivity index (χ1v) is 8.18. The molecule has 7 nitrogen and oxygen atoms in total. The van der Waals surface area contributed by atoms with E-state index < -0.39 is 10.2 Å². The van der Waals surface area contributed by atoms with Crippen LogP contribution in [0.4, 0.5) is 5.82 Å². The molecule has 1 fully saturated rings. The van der Waals surface area contributed by atoms with Crippen molar-refractivity contribution in [3.63, 3.8) is 0 Å². The summed E-state index contributed by atoms with van der Waals surface area (Å²) in [4.78, 5) is 6.15. The van der Waals surface area contributed by atoms with Gasteiger partial charge >= 0.3 is 0 Å². The molecule has 1 atom stereocenters. The Balaban J connectivity index is 2.07. The van der Waals surface area contributed by atoms with Crippen LogP contribution in [0, 0.1) is 0 Å². The third-order valence-electron chi connectivity index (χ3n) is 3.36. The fourth-order valence-corrected chi connectivity index (χ4v) is 3.38. The van der Waals surface area contributed by atoms with Crippen LogP contribution in [0.15, 0.2) is 18.3 Å². The summed E-state index contributed by atoms with van der Waals surface area (Å²) in [6, 6.07) is 3.66. The van der Waals surface area contributed by atoms with Gasteiger partial charge in [-0.05, 0) is 18.6 Å². The summed E-state index contributed by atoms with van der Waals surface area (Å²) < 4.78 is 32.8. The van der Waals surface area contributed by atoms with Crippen molar-refractivity contribution in [1.29, 1.82) is 0 Å². The number of anilines is 1. The first kappa shape index (κ1) is 16.0. The lowest BCUT2D eigenvalue weighted by Crippen LogP contribution is -2.39. The molecule has 0 radical (unpaired) electrons. The van der Waals surface area contributed by atoms with Crippen LogP contribution in [0.5, 0.6) is 5.75 Å². The molecular formula is C13H22N4O3S. The Hall–Kier alpha value is -1.38. The van der Waals surface area contributed by atoms with Gasteiger partial charge in [0.2, 0.25) is 0 Å². The highest BCUT2D eigenvalue weighted by Gasteiger charge is 2.34. The second-order valence-corrected chi connectivity index (χ2v) is 7.54. The van der Waals surface area contributed by atoms with Crippen LogP contribution in [0.2, 0.25) is 0 Å². The molecular weight excluding hydrogens is 292 g/mol. The number of rotatable bonds is 5. The van der Waals surface area contributed by atoms with E-state index in [0.717, 1.165) is 5.82 Å². The molecule has 0 N–H and O–H groups in total. The molecule has 0 amide bonds. The number of ether oxygens (including phenoxy) is 1. The standard InChI is InChI=1S/C13H22N4O3S/c1-15(2)13-12(6-5-8-14-13)20-11-7-9-17(10-11)21(18,19)16(3)4/h5-6,8,11H,7,9-10H2,1-4H3/t11-/m0/s1. The molecule has 2 heterocycles. The van der Waals surface area contributed by atoms with Gasteiger partial charge in [-0.3, -0.25) is 0 Å². The maximum atomic E-state index is 12.1. The molecule has 1 aromatic rings. The van der Waals surface area contributed by atoms with Gasteiger partial charge in [-0.25, -0.2) is 4.98 Å². The summed E-state index contributed by atoms with van der Waals surface area (Å²) in [5.41, 5.74) is 0. The molecule has 0 bridgehead atoms. The summed E-state index contributed by atoms with van der Waals surface area (Å²) in [5.74, 6) is 1.42. The predicted molar refractivity (Wildman–Crippen MR) is 81.8 cm³/mol. The molecule has 0 unspecified atom stereocenters. The molecule has 2 rings (SSSR count). The highest BCUT2D eigenvalue weighted by Crippen LogP contribution is 2.27. The van der Waals surface area contributed by atoms with Gasteiger partial charge in [0.1, 0.15) is 6.10 Å². The zero-order chi connectivity index (χ0) is 15.6. The van der Waals surface area contributed by atoms with Crippen LogP contribution >= 0.6 is 0 Å². The molecule has 118 valence electrons. The smallest absolute Gasteiger partial charge is 0.281 e. The van der Waals surface area contributed by atoms with E-state index in [2.05, 4.69) is 4.98 Å². The van der Waals surface area contributed by atoms with Gasteiger partial charge in [0.05, 0.1) is 6.54 Å². The van der Waals surface area contributed by atoms with Crippen LogP contribution in [0.3, 0.4) is 0 Å². The number of hydrogen-bond donors (Lipinski definition) is 0. The van der Waals surface area contributed by atoms with E-state index in [0.29, 0.717) is 25.3 Å². The van der Waals surface area contributed by atoms with Crippen molar-refractivity contribution in [2.45, 2.75) is 12.5 Å². The Morgan fingerprint density at radius 1 is 1.33 bits per heavy atom. The van der Waals surface area contributed by atoms with Gasteiger partial charge in [-0.2, -0.15) is 17.0 Å². The monoisotopic (exact) mass is 314 g/mol. The van der Waals surface area contributed by atoms with Gasteiger partial charge < -0.3 is 9.64 Å². The molecule has 0 aliphatic carbocycles. The van der Waals surface area contributed by atoms with Gasteiger partial charge in [0.25, 0.3) is 10.2 Å². The Morgan fingerprint density at radius 2 is 2.05 bits per heavy atom. The maximum Gasteiger partial charge on any atom is 0.281 e. The quantitative estimate of drug-likeness (QED) is 0.787. The Bertz CT molecular complexity index is 589. The molecule has 1 aromatic heterocycles. The molecule has 1 aliphatic heterocycles. The zero-order valence-electron chi connectivity index (χ0n) is 12.9. The number of aromatic nitrogens is 1. The topological polar surface area (TPSA) is 66.0 Å². The van der Waals surface area contributed by atoms with Crippen molar-refractivity contribution in [2.24, 2.45) is 0 Å². The minimum atomic E-state index is -3.37. The van der Waals surface area contributed by atoms with E-state index in [-0.39, 0.29) is 6.10 Å². The average molecular weight is 314 g/mol. The zero-order valence-corrected chi connectivity index (χ0v) is 13.7. The van der Waals surface area contributed by atoms with E-state index in [1.54, 1.807) is 6.20 Å². The Kier molecular flexibility index (Phi) is 4.70. The first-order valence-electron chi connectivity index (χ1n) is 6.79. The van der Waals surface area contributed by atoms with Crippen molar-refractivity contribution in [3.8, 4) is 5.75 Å². The van der Waals surface area contributed by atoms with Crippen molar-refractivity contribution >= 4 is 16.0 Å². The van der Waals surface area contributed by atoms with E-state index in [1.807, 2.05) is 31.1 Å². The molecule has 0 aromatic carbocycles.